The lowest BCUT2D eigenvalue weighted by Crippen LogP contribution is -2.30. The molecule has 1 atom stereocenters. The zero-order chi connectivity index (χ0) is 58.5. The van der Waals surface area contributed by atoms with Crippen molar-refractivity contribution >= 4 is 17.9 Å². The summed E-state index contributed by atoms with van der Waals surface area (Å²) in [6, 6.07) is 0. The minimum atomic E-state index is -0.777. The van der Waals surface area contributed by atoms with E-state index in [9.17, 15) is 14.4 Å². The van der Waals surface area contributed by atoms with Crippen molar-refractivity contribution in [3.8, 4) is 0 Å². The van der Waals surface area contributed by atoms with Crippen LogP contribution < -0.4 is 0 Å². The fraction of sp³-hybridized carbons (Fsp3) is 0.800. The second-order valence-corrected chi connectivity index (χ2v) is 23.8. The van der Waals surface area contributed by atoms with E-state index in [2.05, 4.69) is 93.7 Å². The third kappa shape index (κ3) is 67.5. The number of ether oxygens (including phenoxy) is 3. The summed E-state index contributed by atoms with van der Waals surface area (Å²) in [6.45, 7) is 6.58. The Morgan fingerprint density at radius 2 is 0.481 bits per heavy atom. The van der Waals surface area contributed by atoms with E-state index in [4.69, 9.17) is 14.2 Å². The molecule has 0 amide bonds. The number of hydrogen-bond acceptors (Lipinski definition) is 6. The first-order chi connectivity index (χ1) is 40.0. The molecule has 0 aromatic rings. The van der Waals surface area contributed by atoms with Crippen LogP contribution in [0.1, 0.15) is 367 Å². The van der Waals surface area contributed by atoms with Crippen LogP contribution >= 0.6 is 0 Å². The van der Waals surface area contributed by atoms with E-state index in [1.807, 2.05) is 0 Å². The van der Waals surface area contributed by atoms with Gasteiger partial charge in [-0.05, 0) is 70.6 Å². The molecule has 1 unspecified atom stereocenters. The van der Waals surface area contributed by atoms with Crippen molar-refractivity contribution in [2.75, 3.05) is 13.2 Å². The topological polar surface area (TPSA) is 78.9 Å². The highest BCUT2D eigenvalue weighted by molar-refractivity contribution is 5.71. The monoisotopic (exact) mass is 1130 g/mol. The second-order valence-electron chi connectivity index (χ2n) is 23.8. The van der Waals surface area contributed by atoms with Crippen LogP contribution in [0.25, 0.3) is 0 Å². The van der Waals surface area contributed by atoms with Crippen LogP contribution in [0, 0.1) is 0 Å². The van der Waals surface area contributed by atoms with Crippen molar-refractivity contribution in [3.63, 3.8) is 0 Å². The van der Waals surface area contributed by atoms with Gasteiger partial charge in [0.25, 0.3) is 0 Å². The molecule has 0 aromatic carbocycles. The number of rotatable bonds is 65. The quantitative estimate of drug-likeness (QED) is 0.0261. The molecule has 0 saturated heterocycles. The van der Waals surface area contributed by atoms with Crippen LogP contribution in [0.3, 0.4) is 0 Å². The molecule has 6 nitrogen and oxygen atoms in total. The highest BCUT2D eigenvalue weighted by atomic mass is 16.6. The van der Waals surface area contributed by atoms with Gasteiger partial charge in [-0.15, -0.1) is 0 Å². The van der Waals surface area contributed by atoms with Crippen LogP contribution in [-0.2, 0) is 28.6 Å². The van der Waals surface area contributed by atoms with Gasteiger partial charge in [0.2, 0.25) is 0 Å². The summed E-state index contributed by atoms with van der Waals surface area (Å²) in [4.78, 5) is 38.5. The minimum absolute atomic E-state index is 0.0722. The summed E-state index contributed by atoms with van der Waals surface area (Å²) in [5.74, 6) is -0.856. The molecule has 0 spiro atoms. The maximum absolute atomic E-state index is 13.0. The van der Waals surface area contributed by atoms with Gasteiger partial charge in [-0.2, -0.15) is 0 Å². The normalized spacial score (nSPS) is 12.5. The Bertz CT molecular complexity index is 1490. The molecule has 0 fully saturated rings. The highest BCUT2D eigenvalue weighted by Crippen LogP contribution is 2.18. The molecular formula is C75H134O6. The van der Waals surface area contributed by atoms with Crippen molar-refractivity contribution in [1.29, 1.82) is 0 Å². The molecule has 0 aliphatic carbocycles. The molecule has 0 radical (unpaired) electrons. The van der Waals surface area contributed by atoms with Crippen molar-refractivity contribution in [1.82, 2.24) is 0 Å². The lowest BCUT2D eigenvalue weighted by molar-refractivity contribution is -0.167. The fourth-order valence-electron chi connectivity index (χ4n) is 10.5. The standard InChI is InChI=1S/C75H134O6/c1-4-7-10-13-16-19-22-25-28-30-32-34-36-37-38-39-40-42-43-45-47-50-53-56-59-62-65-68-74(77)80-71-72(70-79-73(76)67-64-61-58-55-52-49-27-24-21-18-15-12-9-6-3)81-75(78)69-66-63-60-57-54-51-48-46-44-41-35-33-31-29-26-23-20-17-14-11-8-5-2/h7,10,16,19,25,28,32,34,37-38,40,42,72H,4-6,8-9,11-15,17-18,20-24,26-27,29-31,33,35-36,39,41,43-71H2,1-3H3/b10-7-,19-16-,28-25-,34-32-,38-37-,42-40-. The summed E-state index contributed by atoms with van der Waals surface area (Å²) < 4.78 is 17.0. The summed E-state index contributed by atoms with van der Waals surface area (Å²) >= 11 is 0. The molecule has 0 aromatic heterocycles. The number of esters is 3. The first-order valence-electron chi connectivity index (χ1n) is 35.4. The Morgan fingerprint density at radius 3 is 0.753 bits per heavy atom. The van der Waals surface area contributed by atoms with Gasteiger partial charge < -0.3 is 14.2 Å². The van der Waals surface area contributed by atoms with E-state index < -0.39 is 6.10 Å². The Hall–Kier alpha value is -3.15. The van der Waals surface area contributed by atoms with Gasteiger partial charge in [0.1, 0.15) is 13.2 Å². The van der Waals surface area contributed by atoms with Crippen molar-refractivity contribution in [2.24, 2.45) is 0 Å². The number of unbranched alkanes of at least 4 members (excludes halogenated alkanes) is 42. The molecule has 6 heteroatoms. The van der Waals surface area contributed by atoms with Crippen molar-refractivity contribution in [2.45, 2.75) is 374 Å². The Balaban J connectivity index is 4.30. The summed E-state index contributed by atoms with van der Waals surface area (Å²) in [7, 11) is 0. The summed E-state index contributed by atoms with van der Waals surface area (Å²) in [5.41, 5.74) is 0. The predicted octanol–water partition coefficient (Wildman–Crippen LogP) is 24.4. The third-order valence-electron chi connectivity index (χ3n) is 15.7. The van der Waals surface area contributed by atoms with Crippen molar-refractivity contribution < 1.29 is 28.6 Å². The fourth-order valence-corrected chi connectivity index (χ4v) is 10.5. The molecule has 0 aliphatic heterocycles. The van der Waals surface area contributed by atoms with Gasteiger partial charge in [0.15, 0.2) is 6.10 Å². The largest absolute Gasteiger partial charge is 0.462 e. The van der Waals surface area contributed by atoms with E-state index in [1.54, 1.807) is 0 Å². The molecule has 0 N–H and O–H groups in total. The van der Waals surface area contributed by atoms with Gasteiger partial charge in [0.05, 0.1) is 0 Å². The maximum Gasteiger partial charge on any atom is 0.306 e. The summed E-state index contributed by atoms with van der Waals surface area (Å²) in [6.07, 6.45) is 90.7. The minimum Gasteiger partial charge on any atom is -0.462 e. The summed E-state index contributed by atoms with van der Waals surface area (Å²) in [5, 5.41) is 0. The highest BCUT2D eigenvalue weighted by Gasteiger charge is 2.19. The third-order valence-corrected chi connectivity index (χ3v) is 15.7. The van der Waals surface area contributed by atoms with Gasteiger partial charge in [-0.1, -0.05) is 351 Å². The Kier molecular flexibility index (Phi) is 66.6. The van der Waals surface area contributed by atoms with E-state index in [0.29, 0.717) is 19.3 Å². The number of carbonyl (C=O) groups excluding carboxylic acids is 3. The predicted molar refractivity (Wildman–Crippen MR) is 353 cm³/mol. The lowest BCUT2D eigenvalue weighted by Gasteiger charge is -2.18. The smallest absolute Gasteiger partial charge is 0.306 e. The SMILES string of the molecule is CC/C=C\C/C=C\C/C=C\C/C=C\C/C=C\C/C=C\CCCCCCCCCCC(=O)OCC(COC(=O)CCCCCCCCCCCCCCCC)OC(=O)CCCCCCCCCCCCCCCCCCCCCCCC. The first-order valence-corrected chi connectivity index (χ1v) is 35.4. The second kappa shape index (κ2) is 69.3. The maximum atomic E-state index is 13.0. The average Bonchev–Trinajstić information content (AvgIpc) is 3.47. The van der Waals surface area contributed by atoms with Gasteiger partial charge in [-0.25, -0.2) is 0 Å². The average molecular weight is 1130 g/mol. The van der Waals surface area contributed by atoms with Gasteiger partial charge >= 0.3 is 17.9 Å². The van der Waals surface area contributed by atoms with E-state index in [0.717, 1.165) is 103 Å². The van der Waals surface area contributed by atoms with Crippen LogP contribution in [0.4, 0.5) is 0 Å². The molecule has 0 aliphatic rings. The molecule has 0 heterocycles. The zero-order valence-electron chi connectivity index (χ0n) is 54.1. The molecule has 470 valence electrons. The van der Waals surface area contributed by atoms with Crippen LogP contribution in [0.15, 0.2) is 72.9 Å². The van der Waals surface area contributed by atoms with E-state index >= 15 is 0 Å². The van der Waals surface area contributed by atoms with E-state index in [1.165, 1.54) is 225 Å². The van der Waals surface area contributed by atoms with Crippen molar-refractivity contribution in [3.05, 3.63) is 72.9 Å². The van der Waals surface area contributed by atoms with Crippen LogP contribution in [0.5, 0.6) is 0 Å². The van der Waals surface area contributed by atoms with E-state index in [-0.39, 0.29) is 31.1 Å². The van der Waals surface area contributed by atoms with Crippen LogP contribution in [0.2, 0.25) is 0 Å². The molecule has 0 saturated carbocycles. The molecule has 0 rings (SSSR count). The number of hydrogen-bond donors (Lipinski definition) is 0. The Labute approximate surface area is 503 Å². The molecule has 81 heavy (non-hydrogen) atoms. The molecule has 0 bridgehead atoms. The lowest BCUT2D eigenvalue weighted by atomic mass is 10.0. The Morgan fingerprint density at radius 1 is 0.259 bits per heavy atom. The number of allylic oxidation sites excluding steroid dienone is 12. The number of carbonyl (C=O) groups is 3. The zero-order valence-corrected chi connectivity index (χ0v) is 54.1. The van der Waals surface area contributed by atoms with Gasteiger partial charge in [-0.3, -0.25) is 14.4 Å². The van der Waals surface area contributed by atoms with Crippen LogP contribution in [-0.4, -0.2) is 37.2 Å². The van der Waals surface area contributed by atoms with Gasteiger partial charge in [0, 0.05) is 19.3 Å². The first kappa shape index (κ1) is 77.9. The molecular weight excluding hydrogens is 997 g/mol.